The predicted molar refractivity (Wildman–Crippen MR) is 100 cm³/mol. The zero-order valence-electron chi connectivity index (χ0n) is 15.8. The van der Waals surface area contributed by atoms with E-state index in [0.29, 0.717) is 12.1 Å². The number of carbonyl (C=O) groups excluding carboxylic acids is 2. The molecular weight excluding hydrogens is 385 g/mol. The minimum absolute atomic E-state index is 0.103. The van der Waals surface area contributed by atoms with Gasteiger partial charge in [0.05, 0.1) is 5.56 Å². The topological polar surface area (TPSA) is 58.6 Å². The Morgan fingerprint density at radius 2 is 1.69 bits per heavy atom. The highest BCUT2D eigenvalue weighted by molar-refractivity contribution is 5.94. The van der Waals surface area contributed by atoms with Gasteiger partial charge < -0.3 is 15.0 Å². The lowest BCUT2D eigenvalue weighted by atomic mass is 10.1. The number of nitrogens with zero attached hydrogens (tertiary/aromatic N) is 1. The average molecular weight is 406 g/mol. The van der Waals surface area contributed by atoms with E-state index < -0.39 is 11.7 Å². The van der Waals surface area contributed by atoms with Crippen molar-refractivity contribution < 1.29 is 27.5 Å². The summed E-state index contributed by atoms with van der Waals surface area (Å²) in [5.41, 5.74) is 0.640. The van der Waals surface area contributed by atoms with E-state index in [4.69, 9.17) is 4.74 Å². The third kappa shape index (κ3) is 5.97. The monoisotopic (exact) mass is 406 g/mol. The Labute approximate surface area is 166 Å². The summed E-state index contributed by atoms with van der Waals surface area (Å²) in [6.45, 7) is 0.0312. The Hall–Kier alpha value is -3.03. The van der Waals surface area contributed by atoms with E-state index in [1.165, 1.54) is 17.0 Å². The van der Waals surface area contributed by atoms with Crippen LogP contribution in [0.15, 0.2) is 48.5 Å². The molecule has 154 valence electrons. The van der Waals surface area contributed by atoms with Crippen molar-refractivity contribution in [1.82, 2.24) is 10.2 Å². The SMILES string of the molecule is CN(Cc1ccc(C(=O)NC2CC2)cc1)C(=O)COc1ccc(C(F)(F)F)cc1. The van der Waals surface area contributed by atoms with E-state index in [2.05, 4.69) is 5.32 Å². The van der Waals surface area contributed by atoms with Crippen LogP contribution < -0.4 is 10.1 Å². The smallest absolute Gasteiger partial charge is 0.416 e. The van der Waals surface area contributed by atoms with E-state index in [9.17, 15) is 22.8 Å². The van der Waals surface area contributed by atoms with Gasteiger partial charge in [-0.05, 0) is 54.8 Å². The number of hydrogen-bond acceptors (Lipinski definition) is 3. The molecule has 2 aromatic carbocycles. The molecule has 0 heterocycles. The number of ether oxygens (including phenoxy) is 1. The highest BCUT2D eigenvalue weighted by Gasteiger charge is 2.30. The quantitative estimate of drug-likeness (QED) is 0.764. The van der Waals surface area contributed by atoms with Gasteiger partial charge >= 0.3 is 6.18 Å². The van der Waals surface area contributed by atoms with Crippen molar-refractivity contribution in [2.75, 3.05) is 13.7 Å². The third-order valence-corrected chi connectivity index (χ3v) is 4.52. The molecular formula is C21H21F3N2O3. The lowest BCUT2D eigenvalue weighted by Gasteiger charge is -2.18. The highest BCUT2D eigenvalue weighted by Crippen LogP contribution is 2.30. The molecule has 1 aliphatic rings. The Morgan fingerprint density at radius 3 is 2.24 bits per heavy atom. The maximum Gasteiger partial charge on any atom is 0.416 e. The maximum atomic E-state index is 12.6. The number of rotatable bonds is 7. The molecule has 2 aromatic rings. The first-order valence-corrected chi connectivity index (χ1v) is 9.16. The van der Waals surface area contributed by atoms with Gasteiger partial charge in [-0.2, -0.15) is 13.2 Å². The molecule has 3 rings (SSSR count). The molecule has 1 N–H and O–H groups in total. The van der Waals surface area contributed by atoms with Gasteiger partial charge in [0.1, 0.15) is 5.75 Å². The summed E-state index contributed by atoms with van der Waals surface area (Å²) in [5, 5.41) is 2.91. The van der Waals surface area contributed by atoms with Crippen molar-refractivity contribution in [3.63, 3.8) is 0 Å². The van der Waals surface area contributed by atoms with Crippen LogP contribution in [0.4, 0.5) is 13.2 Å². The summed E-state index contributed by atoms with van der Waals surface area (Å²) in [6, 6.07) is 11.5. The predicted octanol–water partition coefficient (Wildman–Crippen LogP) is 3.64. The van der Waals surface area contributed by atoms with Crippen molar-refractivity contribution in [2.45, 2.75) is 31.6 Å². The van der Waals surface area contributed by atoms with Crippen LogP contribution in [0, 0.1) is 0 Å². The zero-order valence-corrected chi connectivity index (χ0v) is 15.8. The number of alkyl halides is 3. The van der Waals surface area contributed by atoms with Crippen LogP contribution in [0.5, 0.6) is 5.75 Å². The molecule has 1 saturated carbocycles. The zero-order chi connectivity index (χ0) is 21.0. The van der Waals surface area contributed by atoms with Gasteiger partial charge in [-0.3, -0.25) is 9.59 Å². The summed E-state index contributed by atoms with van der Waals surface area (Å²) in [6.07, 6.45) is -2.38. The molecule has 0 aliphatic heterocycles. The molecule has 5 nitrogen and oxygen atoms in total. The number of benzene rings is 2. The van der Waals surface area contributed by atoms with E-state index in [1.54, 1.807) is 31.3 Å². The van der Waals surface area contributed by atoms with Crippen molar-refractivity contribution >= 4 is 11.8 Å². The van der Waals surface area contributed by atoms with Gasteiger partial charge in [-0.1, -0.05) is 12.1 Å². The molecule has 0 unspecified atom stereocenters. The fourth-order valence-corrected chi connectivity index (χ4v) is 2.62. The van der Waals surface area contributed by atoms with Crippen LogP contribution in [-0.2, 0) is 17.5 Å². The molecule has 0 radical (unpaired) electrons. The standard InChI is InChI=1S/C21H21F3N2O3/c1-26(12-14-2-4-15(5-3-14)20(28)25-17-8-9-17)19(27)13-29-18-10-6-16(7-11-18)21(22,23)24/h2-7,10-11,17H,8-9,12-13H2,1H3,(H,25,28). The second-order valence-electron chi connectivity index (χ2n) is 7.01. The molecule has 0 saturated heterocycles. The number of nitrogens with one attached hydrogen (secondary N) is 1. The normalized spacial score (nSPS) is 13.7. The number of carbonyl (C=O) groups is 2. The molecule has 8 heteroatoms. The lowest BCUT2D eigenvalue weighted by molar-refractivity contribution is -0.137. The van der Waals surface area contributed by atoms with Crippen molar-refractivity contribution in [1.29, 1.82) is 0 Å². The second kappa shape index (κ2) is 8.55. The fraction of sp³-hybridized carbons (Fsp3) is 0.333. The Balaban J connectivity index is 1.48. The Morgan fingerprint density at radius 1 is 1.07 bits per heavy atom. The molecule has 0 bridgehead atoms. The summed E-state index contributed by atoms with van der Waals surface area (Å²) < 4.78 is 42.9. The molecule has 0 atom stereocenters. The summed E-state index contributed by atoms with van der Waals surface area (Å²) in [4.78, 5) is 25.6. The van der Waals surface area contributed by atoms with Crippen LogP contribution >= 0.6 is 0 Å². The lowest BCUT2D eigenvalue weighted by Crippen LogP contribution is -2.31. The van der Waals surface area contributed by atoms with Gasteiger partial charge in [0.15, 0.2) is 6.61 Å². The molecule has 0 aromatic heterocycles. The van der Waals surface area contributed by atoms with Gasteiger partial charge in [0, 0.05) is 25.2 Å². The minimum Gasteiger partial charge on any atom is -0.484 e. The molecule has 1 fully saturated rings. The first kappa shape index (κ1) is 20.7. The summed E-state index contributed by atoms with van der Waals surface area (Å²) >= 11 is 0. The maximum absolute atomic E-state index is 12.6. The van der Waals surface area contributed by atoms with E-state index in [0.717, 1.165) is 30.5 Å². The first-order valence-electron chi connectivity index (χ1n) is 9.16. The Bertz CT molecular complexity index is 860. The largest absolute Gasteiger partial charge is 0.484 e. The second-order valence-corrected chi connectivity index (χ2v) is 7.01. The number of amides is 2. The molecule has 1 aliphatic carbocycles. The van der Waals surface area contributed by atoms with Crippen LogP contribution in [0.2, 0.25) is 0 Å². The van der Waals surface area contributed by atoms with Crippen molar-refractivity contribution in [2.24, 2.45) is 0 Å². The molecule has 29 heavy (non-hydrogen) atoms. The average Bonchev–Trinajstić information content (AvgIpc) is 3.50. The first-order chi connectivity index (χ1) is 13.7. The van der Waals surface area contributed by atoms with E-state index in [1.807, 2.05) is 0 Å². The van der Waals surface area contributed by atoms with Crippen LogP contribution in [-0.4, -0.2) is 36.4 Å². The van der Waals surface area contributed by atoms with Crippen LogP contribution in [0.1, 0.15) is 34.3 Å². The molecule has 0 spiro atoms. The van der Waals surface area contributed by atoms with Gasteiger partial charge in [0.25, 0.3) is 11.8 Å². The highest BCUT2D eigenvalue weighted by atomic mass is 19.4. The van der Waals surface area contributed by atoms with E-state index in [-0.39, 0.29) is 30.2 Å². The number of hydrogen-bond donors (Lipinski definition) is 1. The molecule has 2 amide bonds. The van der Waals surface area contributed by atoms with Crippen molar-refractivity contribution in [3.05, 3.63) is 65.2 Å². The van der Waals surface area contributed by atoms with Crippen molar-refractivity contribution in [3.8, 4) is 5.75 Å². The van der Waals surface area contributed by atoms with Crippen LogP contribution in [0.25, 0.3) is 0 Å². The number of likely N-dealkylation sites (N-methyl/N-ethyl adjacent to an activating group) is 1. The summed E-state index contributed by atoms with van der Waals surface area (Å²) in [7, 11) is 1.60. The van der Waals surface area contributed by atoms with Gasteiger partial charge in [0.2, 0.25) is 0 Å². The van der Waals surface area contributed by atoms with Gasteiger partial charge in [-0.15, -0.1) is 0 Å². The number of halogens is 3. The van der Waals surface area contributed by atoms with E-state index >= 15 is 0 Å². The van der Waals surface area contributed by atoms with Gasteiger partial charge in [-0.25, -0.2) is 0 Å². The third-order valence-electron chi connectivity index (χ3n) is 4.52. The Kier molecular flexibility index (Phi) is 6.10. The summed E-state index contributed by atoms with van der Waals surface area (Å²) in [5.74, 6) is -0.236. The van der Waals surface area contributed by atoms with Crippen LogP contribution in [0.3, 0.4) is 0 Å². The fourth-order valence-electron chi connectivity index (χ4n) is 2.62. The minimum atomic E-state index is -4.41.